The van der Waals surface area contributed by atoms with Crippen molar-refractivity contribution in [3.63, 3.8) is 0 Å². The average Bonchev–Trinajstić information content (AvgIpc) is 2.16. The molecule has 7 atom stereocenters. The van der Waals surface area contributed by atoms with E-state index in [9.17, 15) is 25.5 Å². The van der Waals surface area contributed by atoms with E-state index in [2.05, 4.69) is 0 Å². The molecule has 0 amide bonds. The maximum atomic E-state index is 10.0. The van der Waals surface area contributed by atoms with Crippen LogP contribution in [-0.2, 0) is 0 Å². The Bertz CT molecular complexity index is 269. The van der Waals surface area contributed by atoms with Gasteiger partial charge in [-0.05, 0) is 5.92 Å². The molecular formula is C10H18O5. The van der Waals surface area contributed by atoms with Crippen LogP contribution in [0, 0.1) is 17.8 Å². The Balaban J connectivity index is 2.16. The minimum absolute atomic E-state index is 0.112. The largest absolute Gasteiger partial charge is 0.392 e. The van der Waals surface area contributed by atoms with Gasteiger partial charge >= 0.3 is 0 Å². The highest BCUT2D eigenvalue weighted by atomic mass is 16.4. The van der Waals surface area contributed by atoms with Gasteiger partial charge in [-0.1, -0.05) is 13.8 Å². The van der Waals surface area contributed by atoms with E-state index in [-0.39, 0.29) is 5.92 Å². The molecule has 0 aromatic rings. The van der Waals surface area contributed by atoms with Crippen LogP contribution < -0.4 is 0 Å². The molecule has 0 aliphatic heterocycles. The first kappa shape index (κ1) is 11.3. The normalized spacial score (nSPS) is 55.6. The maximum absolute atomic E-state index is 10.0. The Hall–Kier alpha value is -0.200. The summed E-state index contributed by atoms with van der Waals surface area (Å²) in [5.41, 5.74) is -1.51. The third kappa shape index (κ3) is 1.10. The lowest BCUT2D eigenvalue weighted by molar-refractivity contribution is -0.392. The highest BCUT2D eigenvalue weighted by Gasteiger charge is 2.77. The van der Waals surface area contributed by atoms with E-state index < -0.39 is 41.9 Å². The van der Waals surface area contributed by atoms with Gasteiger partial charge in [0.2, 0.25) is 0 Å². The molecular weight excluding hydrogens is 200 g/mol. The summed E-state index contributed by atoms with van der Waals surface area (Å²) in [5.74, 6) is -1.59. The number of aliphatic hydroxyl groups excluding tert-OH is 4. The molecule has 0 aromatic heterocycles. The molecule has 5 heteroatoms. The molecule has 5 unspecified atom stereocenters. The van der Waals surface area contributed by atoms with Crippen molar-refractivity contribution in [2.75, 3.05) is 0 Å². The van der Waals surface area contributed by atoms with Crippen molar-refractivity contribution in [2.24, 2.45) is 17.8 Å². The minimum Gasteiger partial charge on any atom is -0.392 e. The van der Waals surface area contributed by atoms with Gasteiger partial charge in [-0.3, -0.25) is 0 Å². The number of fused-ring (bicyclic) bond motifs is 1. The molecule has 2 rings (SSSR count). The van der Waals surface area contributed by atoms with Gasteiger partial charge in [-0.25, -0.2) is 0 Å². The fourth-order valence-electron chi connectivity index (χ4n) is 2.99. The van der Waals surface area contributed by atoms with E-state index >= 15 is 0 Å². The van der Waals surface area contributed by atoms with Crippen molar-refractivity contribution < 1.29 is 25.5 Å². The van der Waals surface area contributed by atoms with Crippen LogP contribution in [0.3, 0.4) is 0 Å². The number of aliphatic hydroxyl groups is 5. The predicted molar refractivity (Wildman–Crippen MR) is 50.8 cm³/mol. The molecule has 0 spiro atoms. The molecule has 0 aromatic carbocycles. The fourth-order valence-corrected chi connectivity index (χ4v) is 2.99. The summed E-state index contributed by atoms with van der Waals surface area (Å²) in [6.07, 6.45) is -4.15. The molecule has 2 aliphatic carbocycles. The fraction of sp³-hybridized carbons (Fsp3) is 1.00. The second kappa shape index (κ2) is 3.15. The molecule has 5 nitrogen and oxygen atoms in total. The number of hydrogen-bond acceptors (Lipinski definition) is 5. The van der Waals surface area contributed by atoms with E-state index in [1.807, 2.05) is 0 Å². The van der Waals surface area contributed by atoms with Gasteiger partial charge in [0.1, 0.15) is 11.7 Å². The molecule has 5 N–H and O–H groups in total. The van der Waals surface area contributed by atoms with E-state index in [0.717, 1.165) is 0 Å². The topological polar surface area (TPSA) is 101 Å². The summed E-state index contributed by atoms with van der Waals surface area (Å²) < 4.78 is 0. The lowest BCUT2D eigenvalue weighted by Gasteiger charge is -2.69. The van der Waals surface area contributed by atoms with Crippen molar-refractivity contribution in [2.45, 2.75) is 43.9 Å². The monoisotopic (exact) mass is 218 g/mol. The maximum Gasteiger partial charge on any atom is 0.110 e. The second-order valence-corrected chi connectivity index (χ2v) is 5.10. The quantitative estimate of drug-likeness (QED) is 0.372. The van der Waals surface area contributed by atoms with E-state index in [1.54, 1.807) is 13.8 Å². The first-order valence-electron chi connectivity index (χ1n) is 5.28. The SMILES string of the molecule is CC(C)[C@H](O)C1C(O)C2[C@H](O)C(O)C21O. The molecule has 88 valence electrons. The summed E-state index contributed by atoms with van der Waals surface area (Å²) in [6, 6.07) is 0. The summed E-state index contributed by atoms with van der Waals surface area (Å²) in [6.45, 7) is 3.55. The third-order valence-electron chi connectivity index (χ3n) is 4.02. The van der Waals surface area contributed by atoms with Gasteiger partial charge in [0.05, 0.1) is 18.3 Å². The Kier molecular flexibility index (Phi) is 2.37. The third-order valence-corrected chi connectivity index (χ3v) is 4.02. The van der Waals surface area contributed by atoms with E-state index in [1.165, 1.54) is 0 Å². The van der Waals surface area contributed by atoms with Crippen LogP contribution in [0.2, 0.25) is 0 Å². The van der Waals surface area contributed by atoms with Gasteiger partial charge < -0.3 is 25.5 Å². The van der Waals surface area contributed by atoms with Gasteiger partial charge in [-0.2, -0.15) is 0 Å². The average molecular weight is 218 g/mol. The van der Waals surface area contributed by atoms with Crippen LogP contribution in [0.5, 0.6) is 0 Å². The van der Waals surface area contributed by atoms with Crippen LogP contribution in [0.25, 0.3) is 0 Å². The molecule has 0 bridgehead atoms. The highest BCUT2D eigenvalue weighted by molar-refractivity contribution is 5.27. The highest BCUT2D eigenvalue weighted by Crippen LogP contribution is 2.59. The molecule has 0 saturated heterocycles. The zero-order valence-corrected chi connectivity index (χ0v) is 8.78. The number of rotatable bonds is 2. The summed E-state index contributed by atoms with van der Waals surface area (Å²) in [4.78, 5) is 0. The van der Waals surface area contributed by atoms with Crippen molar-refractivity contribution in [1.29, 1.82) is 0 Å². The van der Waals surface area contributed by atoms with Crippen molar-refractivity contribution in [1.82, 2.24) is 0 Å². The summed E-state index contributed by atoms with van der Waals surface area (Å²) in [5, 5.41) is 48.3. The second-order valence-electron chi connectivity index (χ2n) is 5.10. The lowest BCUT2D eigenvalue weighted by atomic mass is 9.43. The van der Waals surface area contributed by atoms with Gasteiger partial charge in [-0.15, -0.1) is 0 Å². The van der Waals surface area contributed by atoms with Crippen molar-refractivity contribution >= 4 is 0 Å². The Labute approximate surface area is 88.0 Å². The smallest absolute Gasteiger partial charge is 0.110 e. The van der Waals surface area contributed by atoms with Crippen molar-refractivity contribution in [3.05, 3.63) is 0 Å². The zero-order valence-electron chi connectivity index (χ0n) is 8.78. The first-order chi connectivity index (χ1) is 6.83. The molecule has 2 saturated carbocycles. The molecule has 15 heavy (non-hydrogen) atoms. The zero-order chi connectivity index (χ0) is 11.5. The van der Waals surface area contributed by atoms with Gasteiger partial charge in [0.25, 0.3) is 0 Å². The minimum atomic E-state index is -1.51. The Morgan fingerprint density at radius 2 is 1.60 bits per heavy atom. The standard InChI is InChI=1S/C10H18O5/c1-3(2)6(11)4-7(12)5-8(13)9(14)10(4,5)15/h3-9,11-15H,1-2H3/t4?,5?,6-,7?,8-,9?,10?/m0/s1. The molecule has 2 fully saturated rings. The molecule has 0 heterocycles. The first-order valence-corrected chi connectivity index (χ1v) is 5.28. The predicted octanol–water partition coefficient (Wildman–Crippen LogP) is -1.92. The summed E-state index contributed by atoms with van der Waals surface area (Å²) >= 11 is 0. The van der Waals surface area contributed by atoms with E-state index in [4.69, 9.17) is 0 Å². The Morgan fingerprint density at radius 3 is 2.07 bits per heavy atom. The van der Waals surface area contributed by atoms with Crippen LogP contribution in [0.4, 0.5) is 0 Å². The Morgan fingerprint density at radius 1 is 1.07 bits per heavy atom. The van der Waals surface area contributed by atoms with Crippen molar-refractivity contribution in [3.8, 4) is 0 Å². The van der Waals surface area contributed by atoms with Crippen LogP contribution in [-0.4, -0.2) is 55.5 Å². The van der Waals surface area contributed by atoms with Crippen LogP contribution in [0.15, 0.2) is 0 Å². The van der Waals surface area contributed by atoms with E-state index in [0.29, 0.717) is 0 Å². The molecule has 0 radical (unpaired) electrons. The van der Waals surface area contributed by atoms with Gasteiger partial charge in [0.15, 0.2) is 0 Å². The van der Waals surface area contributed by atoms with Crippen LogP contribution >= 0.6 is 0 Å². The molecule has 2 aliphatic rings. The van der Waals surface area contributed by atoms with Gasteiger partial charge in [0, 0.05) is 11.8 Å². The summed E-state index contributed by atoms with van der Waals surface area (Å²) in [7, 11) is 0. The lowest BCUT2D eigenvalue weighted by Crippen LogP contribution is -2.87. The van der Waals surface area contributed by atoms with Crippen LogP contribution in [0.1, 0.15) is 13.8 Å². The number of hydrogen-bond donors (Lipinski definition) is 5.